The molecule has 1 aromatic heterocycles. The number of hydrogen-bond acceptors (Lipinski definition) is 4. The largest absolute Gasteiger partial charge is 0.372 e. The van der Waals surface area contributed by atoms with Crippen molar-refractivity contribution >= 4 is 0 Å². The lowest BCUT2D eigenvalue weighted by atomic mass is 9.89. The standard InChI is InChI=1S/C15H25N3O2/c1-12(2)18-11-17-8-13(18)9-19-14-7-15(20-10-14)3-5-16-6-4-15/h8,11-12,14,16H,3-7,9-10H2,1-2H3. The molecule has 0 saturated carbocycles. The van der Waals surface area contributed by atoms with Crippen LogP contribution >= 0.6 is 0 Å². The van der Waals surface area contributed by atoms with Crippen LogP contribution in [-0.2, 0) is 16.1 Å². The van der Waals surface area contributed by atoms with Crippen LogP contribution in [0.1, 0.15) is 44.8 Å². The summed E-state index contributed by atoms with van der Waals surface area (Å²) in [7, 11) is 0. The number of piperidine rings is 1. The van der Waals surface area contributed by atoms with Crippen molar-refractivity contribution in [3.63, 3.8) is 0 Å². The summed E-state index contributed by atoms with van der Waals surface area (Å²) in [6.07, 6.45) is 7.25. The number of imidazole rings is 1. The topological polar surface area (TPSA) is 48.3 Å². The monoisotopic (exact) mass is 279 g/mol. The number of nitrogens with zero attached hydrogens (tertiary/aromatic N) is 2. The van der Waals surface area contributed by atoms with E-state index in [0.717, 1.165) is 44.7 Å². The molecule has 2 saturated heterocycles. The minimum atomic E-state index is 0.0776. The average Bonchev–Trinajstić information content (AvgIpc) is 3.05. The Morgan fingerprint density at radius 1 is 1.50 bits per heavy atom. The predicted octanol–water partition coefficient (Wildman–Crippen LogP) is 1.89. The van der Waals surface area contributed by atoms with Crippen LogP contribution < -0.4 is 5.32 Å². The number of aromatic nitrogens is 2. The summed E-state index contributed by atoms with van der Waals surface area (Å²) in [5.74, 6) is 0. The SMILES string of the molecule is CC(C)n1cncc1COC1COC2(CCNCC2)C1. The molecule has 0 amide bonds. The molecule has 2 aliphatic rings. The summed E-state index contributed by atoms with van der Waals surface area (Å²) in [5.41, 5.74) is 1.22. The van der Waals surface area contributed by atoms with Gasteiger partial charge >= 0.3 is 0 Å². The van der Waals surface area contributed by atoms with Crippen LogP contribution in [-0.4, -0.2) is 41.0 Å². The van der Waals surface area contributed by atoms with E-state index in [4.69, 9.17) is 9.47 Å². The summed E-state index contributed by atoms with van der Waals surface area (Å²) in [4.78, 5) is 4.22. The maximum Gasteiger partial charge on any atom is 0.0951 e. The Labute approximate surface area is 120 Å². The second kappa shape index (κ2) is 5.84. The van der Waals surface area contributed by atoms with Gasteiger partial charge in [0.1, 0.15) is 0 Å². The quantitative estimate of drug-likeness (QED) is 0.914. The van der Waals surface area contributed by atoms with Gasteiger partial charge in [0, 0.05) is 12.5 Å². The molecule has 2 aliphatic heterocycles. The van der Waals surface area contributed by atoms with Crippen LogP contribution in [0.5, 0.6) is 0 Å². The molecule has 1 spiro atoms. The van der Waals surface area contributed by atoms with Crippen molar-refractivity contribution in [2.75, 3.05) is 19.7 Å². The van der Waals surface area contributed by atoms with Gasteiger partial charge < -0.3 is 19.4 Å². The lowest BCUT2D eigenvalue weighted by Crippen LogP contribution is -2.41. The Hall–Kier alpha value is -0.910. The highest BCUT2D eigenvalue weighted by atomic mass is 16.6. The molecule has 1 aromatic rings. The maximum absolute atomic E-state index is 6.06. The number of hydrogen-bond donors (Lipinski definition) is 1. The molecule has 0 aromatic carbocycles. The number of nitrogens with one attached hydrogen (secondary N) is 1. The van der Waals surface area contributed by atoms with Crippen molar-refractivity contribution < 1.29 is 9.47 Å². The minimum absolute atomic E-state index is 0.0776. The summed E-state index contributed by atoms with van der Waals surface area (Å²) in [6.45, 7) is 7.80. The van der Waals surface area contributed by atoms with Gasteiger partial charge in [-0.15, -0.1) is 0 Å². The van der Waals surface area contributed by atoms with Crippen molar-refractivity contribution in [2.45, 2.75) is 57.5 Å². The molecule has 5 nitrogen and oxygen atoms in total. The summed E-state index contributed by atoms with van der Waals surface area (Å²) in [5, 5.41) is 3.39. The highest BCUT2D eigenvalue weighted by Gasteiger charge is 2.41. The fraction of sp³-hybridized carbons (Fsp3) is 0.800. The fourth-order valence-corrected chi connectivity index (χ4v) is 3.25. The van der Waals surface area contributed by atoms with E-state index in [1.807, 2.05) is 12.5 Å². The first-order valence-electron chi connectivity index (χ1n) is 7.65. The van der Waals surface area contributed by atoms with E-state index >= 15 is 0 Å². The first kappa shape index (κ1) is 14.0. The predicted molar refractivity (Wildman–Crippen MR) is 76.6 cm³/mol. The van der Waals surface area contributed by atoms with Crippen molar-refractivity contribution in [2.24, 2.45) is 0 Å². The Morgan fingerprint density at radius 2 is 2.30 bits per heavy atom. The first-order chi connectivity index (χ1) is 9.69. The molecule has 0 aliphatic carbocycles. The zero-order valence-electron chi connectivity index (χ0n) is 12.5. The highest BCUT2D eigenvalue weighted by Crippen LogP contribution is 2.35. The van der Waals surface area contributed by atoms with E-state index in [1.54, 1.807) is 0 Å². The lowest BCUT2D eigenvalue weighted by molar-refractivity contribution is -0.0243. The van der Waals surface area contributed by atoms with Gasteiger partial charge in [0.2, 0.25) is 0 Å². The maximum atomic E-state index is 6.06. The highest BCUT2D eigenvalue weighted by molar-refractivity contribution is 4.99. The average molecular weight is 279 g/mol. The van der Waals surface area contributed by atoms with Crippen LogP contribution in [0.4, 0.5) is 0 Å². The lowest BCUT2D eigenvalue weighted by Gasteiger charge is -2.32. The molecule has 112 valence electrons. The molecule has 20 heavy (non-hydrogen) atoms. The summed E-state index contributed by atoms with van der Waals surface area (Å²) < 4.78 is 14.3. The Morgan fingerprint density at radius 3 is 3.05 bits per heavy atom. The minimum Gasteiger partial charge on any atom is -0.372 e. The van der Waals surface area contributed by atoms with Gasteiger partial charge in [0.05, 0.1) is 43.1 Å². The second-order valence-corrected chi connectivity index (χ2v) is 6.27. The van der Waals surface area contributed by atoms with Gasteiger partial charge in [-0.1, -0.05) is 0 Å². The molecule has 1 N–H and O–H groups in total. The van der Waals surface area contributed by atoms with E-state index in [-0.39, 0.29) is 11.7 Å². The van der Waals surface area contributed by atoms with Crippen LogP contribution in [0.3, 0.4) is 0 Å². The third-order valence-corrected chi connectivity index (χ3v) is 4.46. The third-order valence-electron chi connectivity index (χ3n) is 4.46. The number of ether oxygens (including phenoxy) is 2. The third kappa shape index (κ3) is 2.90. The van der Waals surface area contributed by atoms with Crippen molar-refractivity contribution in [1.29, 1.82) is 0 Å². The zero-order valence-corrected chi connectivity index (χ0v) is 12.5. The van der Waals surface area contributed by atoms with Crippen LogP contribution in [0.15, 0.2) is 12.5 Å². The van der Waals surface area contributed by atoms with Crippen LogP contribution in [0.2, 0.25) is 0 Å². The van der Waals surface area contributed by atoms with Crippen molar-refractivity contribution in [3.8, 4) is 0 Å². The van der Waals surface area contributed by atoms with Gasteiger partial charge in [-0.2, -0.15) is 0 Å². The van der Waals surface area contributed by atoms with Gasteiger partial charge in [-0.3, -0.25) is 0 Å². The van der Waals surface area contributed by atoms with Crippen molar-refractivity contribution in [3.05, 3.63) is 18.2 Å². The smallest absolute Gasteiger partial charge is 0.0951 e. The zero-order chi connectivity index (χ0) is 14.0. The molecule has 3 heterocycles. The van der Waals surface area contributed by atoms with Gasteiger partial charge in [0.15, 0.2) is 0 Å². The second-order valence-electron chi connectivity index (χ2n) is 6.27. The van der Waals surface area contributed by atoms with E-state index in [1.165, 1.54) is 0 Å². The first-order valence-corrected chi connectivity index (χ1v) is 7.65. The van der Waals surface area contributed by atoms with E-state index in [9.17, 15) is 0 Å². The summed E-state index contributed by atoms with van der Waals surface area (Å²) >= 11 is 0. The van der Waals surface area contributed by atoms with Crippen LogP contribution in [0, 0.1) is 0 Å². The molecule has 0 bridgehead atoms. The Kier molecular flexibility index (Phi) is 4.10. The van der Waals surface area contributed by atoms with Crippen molar-refractivity contribution in [1.82, 2.24) is 14.9 Å². The normalized spacial score (nSPS) is 25.6. The molecule has 1 atom stereocenters. The van der Waals surface area contributed by atoms with E-state index in [2.05, 4.69) is 28.7 Å². The molecule has 2 fully saturated rings. The Bertz CT molecular complexity index is 438. The summed E-state index contributed by atoms with van der Waals surface area (Å²) in [6, 6.07) is 0.423. The fourth-order valence-electron chi connectivity index (χ4n) is 3.25. The molecule has 1 unspecified atom stereocenters. The van der Waals surface area contributed by atoms with E-state index < -0.39 is 0 Å². The van der Waals surface area contributed by atoms with Gasteiger partial charge in [-0.25, -0.2) is 4.98 Å². The molecular weight excluding hydrogens is 254 g/mol. The number of rotatable bonds is 4. The molecular formula is C15H25N3O2. The van der Waals surface area contributed by atoms with Gasteiger partial charge in [0.25, 0.3) is 0 Å². The molecule has 0 radical (unpaired) electrons. The van der Waals surface area contributed by atoms with E-state index in [0.29, 0.717) is 12.6 Å². The molecule has 5 heteroatoms. The van der Waals surface area contributed by atoms with Gasteiger partial charge in [-0.05, 0) is 39.8 Å². The Balaban J connectivity index is 1.53. The molecule has 3 rings (SSSR count). The van der Waals surface area contributed by atoms with Crippen LogP contribution in [0.25, 0.3) is 0 Å².